The van der Waals surface area contributed by atoms with Gasteiger partial charge in [0, 0.05) is 11.9 Å². The number of rotatable bonds is 5. The van der Waals surface area contributed by atoms with E-state index in [-0.39, 0.29) is 19.1 Å². The molecule has 0 spiro atoms. The van der Waals surface area contributed by atoms with Crippen molar-refractivity contribution in [3.05, 3.63) is 30.0 Å². The highest BCUT2D eigenvalue weighted by molar-refractivity contribution is 5.80. The van der Waals surface area contributed by atoms with Crippen molar-refractivity contribution < 1.29 is 14.4 Å². The molecule has 1 heterocycles. The van der Waals surface area contributed by atoms with Gasteiger partial charge in [0.25, 0.3) is 0 Å². The number of nitrogens with one attached hydrogen (secondary N) is 2. The second-order valence-corrected chi connectivity index (χ2v) is 5.79. The lowest BCUT2D eigenvalue weighted by Crippen LogP contribution is -2.45. The molecule has 0 aliphatic heterocycles. The first kappa shape index (κ1) is 13.9. The van der Waals surface area contributed by atoms with E-state index in [1.165, 1.54) is 0 Å². The topological polar surface area (TPSA) is 87.4 Å². The summed E-state index contributed by atoms with van der Waals surface area (Å²) in [6.45, 7) is 2.30. The van der Waals surface area contributed by atoms with E-state index in [1.807, 2.05) is 24.3 Å². The van der Waals surface area contributed by atoms with Gasteiger partial charge in [-0.25, -0.2) is 4.79 Å². The van der Waals surface area contributed by atoms with Crippen LogP contribution in [0.5, 0.6) is 0 Å². The Bertz CT molecular complexity index is 646. The molecule has 3 N–H and O–H groups in total. The minimum Gasteiger partial charge on any atom is -0.388 e. The number of carbonyl (C=O) groups is 1. The zero-order chi connectivity index (χ0) is 14.9. The van der Waals surface area contributed by atoms with E-state index in [0.717, 1.165) is 18.2 Å². The second kappa shape index (κ2) is 5.37. The van der Waals surface area contributed by atoms with Gasteiger partial charge in [-0.15, -0.1) is 0 Å². The summed E-state index contributed by atoms with van der Waals surface area (Å²) in [7, 11) is 0. The van der Waals surface area contributed by atoms with Crippen molar-refractivity contribution in [2.24, 2.45) is 5.92 Å². The predicted octanol–water partition coefficient (Wildman–Crippen LogP) is 1.79. The van der Waals surface area contributed by atoms with Gasteiger partial charge in [-0.2, -0.15) is 0 Å². The standard InChI is InChI=1S/C15H19N3O3/c1-15(20,10-6-7-10)9-17-14(19)16-8-12-11-4-2-3-5-13(11)21-18-12/h2-5,10,20H,6-9H2,1H3,(H2,16,17,19). The molecule has 1 aromatic carbocycles. The Hall–Kier alpha value is -2.08. The predicted molar refractivity (Wildman–Crippen MR) is 77.6 cm³/mol. The smallest absolute Gasteiger partial charge is 0.315 e. The van der Waals surface area contributed by atoms with Crippen molar-refractivity contribution in [2.45, 2.75) is 31.9 Å². The molecule has 2 amide bonds. The highest BCUT2D eigenvalue weighted by atomic mass is 16.5. The number of urea groups is 1. The van der Waals surface area contributed by atoms with Crippen molar-refractivity contribution >= 4 is 17.0 Å². The summed E-state index contributed by atoms with van der Waals surface area (Å²) in [4.78, 5) is 11.8. The molecule has 1 aliphatic carbocycles. The highest BCUT2D eigenvalue weighted by Crippen LogP contribution is 2.38. The largest absolute Gasteiger partial charge is 0.388 e. The van der Waals surface area contributed by atoms with Gasteiger partial charge in [0.2, 0.25) is 0 Å². The van der Waals surface area contributed by atoms with E-state index in [2.05, 4.69) is 15.8 Å². The van der Waals surface area contributed by atoms with Gasteiger partial charge in [0.15, 0.2) is 5.58 Å². The Morgan fingerprint density at radius 1 is 1.43 bits per heavy atom. The molecule has 6 nitrogen and oxygen atoms in total. The molecule has 21 heavy (non-hydrogen) atoms. The third kappa shape index (κ3) is 3.16. The zero-order valence-electron chi connectivity index (χ0n) is 11.9. The SMILES string of the molecule is CC(O)(CNC(=O)NCc1noc2ccccc12)C1CC1. The summed E-state index contributed by atoms with van der Waals surface area (Å²) < 4.78 is 5.17. The Labute approximate surface area is 122 Å². The molecule has 1 aromatic heterocycles. The Kier molecular flexibility index (Phi) is 3.55. The van der Waals surface area contributed by atoms with Crippen LogP contribution in [0, 0.1) is 5.92 Å². The third-order valence-electron chi connectivity index (χ3n) is 3.93. The normalized spacial score (nSPS) is 17.4. The van der Waals surface area contributed by atoms with Crippen LogP contribution in [-0.4, -0.2) is 28.4 Å². The van der Waals surface area contributed by atoms with Crippen LogP contribution in [0.3, 0.4) is 0 Å². The maximum atomic E-state index is 11.8. The summed E-state index contributed by atoms with van der Waals surface area (Å²) in [5.74, 6) is 0.303. The molecular formula is C15H19N3O3. The number of aliphatic hydroxyl groups is 1. The highest BCUT2D eigenvalue weighted by Gasteiger charge is 2.39. The molecule has 6 heteroatoms. The fourth-order valence-electron chi connectivity index (χ4n) is 2.40. The first-order valence-corrected chi connectivity index (χ1v) is 7.13. The van der Waals surface area contributed by atoms with Crippen molar-refractivity contribution in [2.75, 3.05) is 6.54 Å². The van der Waals surface area contributed by atoms with Crippen molar-refractivity contribution in [3.63, 3.8) is 0 Å². The van der Waals surface area contributed by atoms with E-state index in [9.17, 15) is 9.90 Å². The lowest BCUT2D eigenvalue weighted by atomic mass is 10.0. The van der Waals surface area contributed by atoms with Gasteiger partial charge in [-0.05, 0) is 37.8 Å². The fraction of sp³-hybridized carbons (Fsp3) is 0.467. The zero-order valence-corrected chi connectivity index (χ0v) is 11.9. The third-order valence-corrected chi connectivity index (χ3v) is 3.93. The van der Waals surface area contributed by atoms with E-state index in [0.29, 0.717) is 17.2 Å². The monoisotopic (exact) mass is 289 g/mol. The van der Waals surface area contributed by atoms with Gasteiger partial charge in [0.05, 0.1) is 12.1 Å². The fourth-order valence-corrected chi connectivity index (χ4v) is 2.40. The number of nitrogens with zero attached hydrogens (tertiary/aromatic N) is 1. The number of hydrogen-bond acceptors (Lipinski definition) is 4. The molecule has 0 radical (unpaired) electrons. The van der Waals surface area contributed by atoms with Crippen molar-refractivity contribution in [3.8, 4) is 0 Å². The van der Waals surface area contributed by atoms with Gasteiger partial charge < -0.3 is 20.3 Å². The van der Waals surface area contributed by atoms with Crippen LogP contribution in [-0.2, 0) is 6.54 Å². The Morgan fingerprint density at radius 3 is 2.95 bits per heavy atom. The minimum atomic E-state index is -0.822. The quantitative estimate of drug-likeness (QED) is 0.783. The summed E-state index contributed by atoms with van der Waals surface area (Å²) in [6, 6.07) is 7.19. The minimum absolute atomic E-state index is 0.253. The summed E-state index contributed by atoms with van der Waals surface area (Å²) in [5.41, 5.74) is 0.568. The molecule has 1 aliphatic rings. The number of benzene rings is 1. The Morgan fingerprint density at radius 2 is 2.19 bits per heavy atom. The molecule has 0 bridgehead atoms. The maximum Gasteiger partial charge on any atom is 0.315 e. The summed E-state index contributed by atoms with van der Waals surface area (Å²) in [5, 5.41) is 20.4. The van der Waals surface area contributed by atoms with E-state index < -0.39 is 5.60 Å². The number of hydrogen-bond donors (Lipinski definition) is 3. The lowest BCUT2D eigenvalue weighted by Gasteiger charge is -2.23. The van der Waals surface area contributed by atoms with Gasteiger partial charge >= 0.3 is 6.03 Å². The number of fused-ring (bicyclic) bond motifs is 1. The van der Waals surface area contributed by atoms with Crippen LogP contribution in [0.4, 0.5) is 4.79 Å². The number of carbonyl (C=O) groups excluding carboxylic acids is 1. The van der Waals surface area contributed by atoms with E-state index in [4.69, 9.17) is 4.52 Å². The Balaban J connectivity index is 1.51. The number of para-hydroxylation sites is 1. The van der Waals surface area contributed by atoms with Gasteiger partial charge in [0.1, 0.15) is 5.69 Å². The van der Waals surface area contributed by atoms with Crippen LogP contribution in [0.15, 0.2) is 28.8 Å². The number of aromatic nitrogens is 1. The molecule has 1 atom stereocenters. The van der Waals surface area contributed by atoms with E-state index in [1.54, 1.807) is 6.92 Å². The molecule has 1 unspecified atom stereocenters. The van der Waals surface area contributed by atoms with Crippen LogP contribution in [0.25, 0.3) is 11.0 Å². The van der Waals surface area contributed by atoms with Crippen LogP contribution < -0.4 is 10.6 Å². The molecule has 3 rings (SSSR count). The molecule has 1 fully saturated rings. The number of amides is 2. The first-order valence-electron chi connectivity index (χ1n) is 7.13. The first-order chi connectivity index (χ1) is 10.1. The second-order valence-electron chi connectivity index (χ2n) is 5.79. The van der Waals surface area contributed by atoms with Crippen LogP contribution in [0.2, 0.25) is 0 Å². The van der Waals surface area contributed by atoms with Crippen molar-refractivity contribution in [1.82, 2.24) is 15.8 Å². The van der Waals surface area contributed by atoms with Gasteiger partial charge in [-0.1, -0.05) is 17.3 Å². The maximum absolute atomic E-state index is 11.8. The average molecular weight is 289 g/mol. The summed E-state index contributed by atoms with van der Waals surface area (Å²) in [6.07, 6.45) is 2.06. The molecule has 0 saturated heterocycles. The molecule has 1 saturated carbocycles. The van der Waals surface area contributed by atoms with Gasteiger partial charge in [-0.3, -0.25) is 0 Å². The molecule has 2 aromatic rings. The lowest BCUT2D eigenvalue weighted by molar-refractivity contribution is 0.0394. The van der Waals surface area contributed by atoms with E-state index >= 15 is 0 Å². The van der Waals surface area contributed by atoms with Crippen LogP contribution >= 0.6 is 0 Å². The van der Waals surface area contributed by atoms with Crippen LogP contribution in [0.1, 0.15) is 25.5 Å². The molecular weight excluding hydrogens is 270 g/mol. The van der Waals surface area contributed by atoms with Crippen molar-refractivity contribution in [1.29, 1.82) is 0 Å². The summed E-state index contributed by atoms with van der Waals surface area (Å²) >= 11 is 0. The molecule has 112 valence electrons. The average Bonchev–Trinajstić information content (AvgIpc) is 3.26.